The summed E-state index contributed by atoms with van der Waals surface area (Å²) >= 11 is 0. The van der Waals surface area contributed by atoms with Gasteiger partial charge in [0.05, 0.1) is 18.0 Å². The van der Waals surface area contributed by atoms with E-state index in [4.69, 9.17) is 15.0 Å². The monoisotopic (exact) mass is 499 g/mol. The molecule has 0 amide bonds. The van der Waals surface area contributed by atoms with Crippen LogP contribution in [-0.2, 0) is 19.6 Å². The molecule has 0 saturated heterocycles. The van der Waals surface area contributed by atoms with Gasteiger partial charge in [-0.2, -0.15) is 8.42 Å². The summed E-state index contributed by atoms with van der Waals surface area (Å²) < 4.78 is 34.5. The Hall–Kier alpha value is -1.44. The van der Waals surface area contributed by atoms with Crippen molar-refractivity contribution in [1.29, 1.82) is 0 Å². The van der Waals surface area contributed by atoms with Crippen molar-refractivity contribution in [1.82, 2.24) is 0 Å². The highest BCUT2D eigenvalue weighted by atomic mass is 32.2. The molecule has 6 nitrogen and oxygen atoms in total. The van der Waals surface area contributed by atoms with Gasteiger partial charge >= 0.3 is 5.97 Å². The fourth-order valence-electron chi connectivity index (χ4n) is 3.61. The second-order valence-corrected chi connectivity index (χ2v) is 10.4. The van der Waals surface area contributed by atoms with Crippen molar-refractivity contribution >= 4 is 16.1 Å². The number of carbonyl (C=O) groups excluding carboxylic acids is 1. The number of esters is 1. The minimum atomic E-state index is -4.02. The van der Waals surface area contributed by atoms with Gasteiger partial charge in [0.2, 0.25) is 0 Å². The lowest BCUT2D eigenvalue weighted by Gasteiger charge is -2.04. The zero-order chi connectivity index (χ0) is 25.5. The first-order chi connectivity index (χ1) is 16.3. The molecule has 1 aromatic rings. The fraction of sp³-hybridized carbons (Fsp3) is 0.741. The van der Waals surface area contributed by atoms with E-state index in [1.807, 2.05) is 6.92 Å². The lowest BCUT2D eigenvalue weighted by molar-refractivity contribution is -0.142. The highest BCUT2D eigenvalue weighted by Gasteiger charge is 2.06. The fourth-order valence-corrected chi connectivity index (χ4v) is 4.09. The smallest absolute Gasteiger partial charge is 0.319 e. The van der Waals surface area contributed by atoms with Gasteiger partial charge in [-0.05, 0) is 25.5 Å². The number of benzene rings is 1. The summed E-state index contributed by atoms with van der Waals surface area (Å²) in [4.78, 5) is 10.8. The van der Waals surface area contributed by atoms with E-state index in [-0.39, 0.29) is 17.4 Å². The predicted molar refractivity (Wildman–Crippen MR) is 141 cm³/mol. The van der Waals surface area contributed by atoms with E-state index < -0.39 is 10.1 Å². The highest BCUT2D eigenvalue weighted by molar-refractivity contribution is 7.85. The van der Waals surface area contributed by atoms with Crippen LogP contribution in [0.15, 0.2) is 29.2 Å². The van der Waals surface area contributed by atoms with E-state index in [1.54, 1.807) is 12.1 Å². The minimum absolute atomic E-state index is 0.00113. The molecule has 0 aromatic heterocycles. The third kappa shape index (κ3) is 21.1. The molecular formula is C27H49NO5S. The quantitative estimate of drug-likeness (QED) is 0.121. The van der Waals surface area contributed by atoms with Crippen LogP contribution in [0.3, 0.4) is 0 Å². The lowest BCUT2D eigenvalue weighted by atomic mass is 10.0. The van der Waals surface area contributed by atoms with Crippen LogP contribution in [0.2, 0.25) is 0 Å². The Kier molecular flexibility index (Phi) is 21.1. The Bertz CT molecular complexity index is 704. The molecule has 1 aromatic carbocycles. The van der Waals surface area contributed by atoms with Crippen molar-refractivity contribution in [3.63, 3.8) is 0 Å². The molecule has 0 spiro atoms. The number of hydrogen-bond donors (Lipinski definition) is 2. The van der Waals surface area contributed by atoms with Crippen LogP contribution in [0.25, 0.3) is 0 Å². The second-order valence-electron chi connectivity index (χ2n) is 9.02. The molecule has 1 rings (SSSR count). The molecule has 0 unspecified atom stereocenters. The maximum Gasteiger partial charge on any atom is 0.319 e. The molecule has 0 aliphatic carbocycles. The van der Waals surface area contributed by atoms with Crippen molar-refractivity contribution in [2.24, 2.45) is 5.73 Å². The highest BCUT2D eigenvalue weighted by Crippen LogP contribution is 2.13. The van der Waals surface area contributed by atoms with Gasteiger partial charge in [-0.1, -0.05) is 121 Å². The summed E-state index contributed by atoms with van der Waals surface area (Å²) in [5.41, 5.74) is 6.13. The predicted octanol–water partition coefficient (Wildman–Crippen LogP) is 6.99. The van der Waals surface area contributed by atoms with E-state index in [0.717, 1.165) is 18.4 Å². The summed E-state index contributed by atoms with van der Waals surface area (Å²) in [5, 5.41) is 0. The van der Waals surface area contributed by atoms with Crippen molar-refractivity contribution in [2.45, 2.75) is 121 Å². The standard InChI is InChI=1S/C20H41NO2.C7H8O3S/c1-2-3-4-5-6-7-8-9-10-11-12-13-14-15-16-17-18-23-20(22)19-21;1-6-2-4-7(5-3-6)11(8,9)10/h2-19,21H2,1H3;2-5H,1H3,(H,8,9,10). The summed E-state index contributed by atoms with van der Waals surface area (Å²) in [6, 6.07) is 5.99. The first kappa shape index (κ1) is 32.6. The zero-order valence-electron chi connectivity index (χ0n) is 21.6. The molecule has 0 aliphatic rings. The second kappa shape index (κ2) is 22.1. The molecular weight excluding hydrogens is 450 g/mol. The van der Waals surface area contributed by atoms with Gasteiger partial charge in [-0.15, -0.1) is 0 Å². The van der Waals surface area contributed by atoms with E-state index in [2.05, 4.69) is 6.92 Å². The van der Waals surface area contributed by atoms with Crippen LogP contribution in [0.1, 0.15) is 115 Å². The lowest BCUT2D eigenvalue weighted by Crippen LogP contribution is -2.17. The average molecular weight is 500 g/mol. The minimum Gasteiger partial charge on any atom is -0.465 e. The Morgan fingerprint density at radius 3 is 1.50 bits per heavy atom. The van der Waals surface area contributed by atoms with Gasteiger partial charge in [0.1, 0.15) is 0 Å². The number of ether oxygens (including phenoxy) is 1. The summed E-state index contributed by atoms with van der Waals surface area (Å²) in [6.45, 7) is 4.65. The van der Waals surface area contributed by atoms with Crippen molar-refractivity contribution in [3.05, 3.63) is 29.8 Å². The van der Waals surface area contributed by atoms with Crippen LogP contribution in [0.5, 0.6) is 0 Å². The van der Waals surface area contributed by atoms with Crippen molar-refractivity contribution in [3.8, 4) is 0 Å². The molecule has 0 saturated carbocycles. The first-order valence-electron chi connectivity index (χ1n) is 13.2. The largest absolute Gasteiger partial charge is 0.465 e. The van der Waals surface area contributed by atoms with Crippen LogP contribution < -0.4 is 5.73 Å². The third-order valence-electron chi connectivity index (χ3n) is 5.75. The summed E-state index contributed by atoms with van der Waals surface area (Å²) in [7, 11) is -4.02. The number of hydrogen-bond acceptors (Lipinski definition) is 5. The average Bonchev–Trinajstić information content (AvgIpc) is 2.81. The topological polar surface area (TPSA) is 107 Å². The normalized spacial score (nSPS) is 11.1. The maximum atomic E-state index is 10.8. The zero-order valence-corrected chi connectivity index (χ0v) is 22.4. The molecule has 0 bridgehead atoms. The molecule has 3 N–H and O–H groups in total. The van der Waals surface area contributed by atoms with Crippen molar-refractivity contribution < 1.29 is 22.5 Å². The van der Waals surface area contributed by atoms with Crippen molar-refractivity contribution in [2.75, 3.05) is 13.2 Å². The van der Waals surface area contributed by atoms with Gasteiger partial charge in [0.25, 0.3) is 10.1 Å². The van der Waals surface area contributed by atoms with E-state index in [9.17, 15) is 13.2 Å². The van der Waals surface area contributed by atoms with E-state index in [1.165, 1.54) is 102 Å². The third-order valence-corrected chi connectivity index (χ3v) is 6.61. The molecule has 0 fully saturated rings. The van der Waals surface area contributed by atoms with Gasteiger partial charge in [0.15, 0.2) is 0 Å². The van der Waals surface area contributed by atoms with E-state index in [0.29, 0.717) is 6.61 Å². The number of nitrogens with two attached hydrogens (primary N) is 1. The Morgan fingerprint density at radius 1 is 0.765 bits per heavy atom. The Morgan fingerprint density at radius 2 is 1.15 bits per heavy atom. The summed E-state index contributed by atoms with van der Waals surface area (Å²) in [6.07, 6.45) is 21.7. The number of unbranched alkanes of at least 4 members (excludes halogenated alkanes) is 15. The van der Waals surface area contributed by atoms with Crippen LogP contribution >= 0.6 is 0 Å². The van der Waals surface area contributed by atoms with Gasteiger partial charge in [0, 0.05) is 0 Å². The molecule has 7 heteroatoms. The molecule has 0 atom stereocenters. The molecule has 198 valence electrons. The molecule has 0 heterocycles. The molecule has 34 heavy (non-hydrogen) atoms. The Balaban J connectivity index is 0.000000818. The van der Waals surface area contributed by atoms with E-state index >= 15 is 0 Å². The number of aryl methyl sites for hydroxylation is 1. The number of rotatable bonds is 19. The SMILES string of the molecule is CCCCCCCCCCCCCCCCCCOC(=O)CN.Cc1ccc(S(=O)(=O)O)cc1. The first-order valence-corrected chi connectivity index (χ1v) is 14.6. The van der Waals surface area contributed by atoms with Crippen LogP contribution in [-0.4, -0.2) is 32.1 Å². The molecule has 0 radical (unpaired) electrons. The van der Waals surface area contributed by atoms with Gasteiger partial charge in [-0.25, -0.2) is 0 Å². The molecule has 0 aliphatic heterocycles. The summed E-state index contributed by atoms with van der Waals surface area (Å²) in [5.74, 6) is -0.286. The van der Waals surface area contributed by atoms with Crippen LogP contribution in [0, 0.1) is 6.92 Å². The maximum absolute atomic E-state index is 10.8. The number of carbonyl (C=O) groups is 1. The van der Waals surface area contributed by atoms with Gasteiger partial charge in [-0.3, -0.25) is 9.35 Å². The van der Waals surface area contributed by atoms with Crippen LogP contribution in [0.4, 0.5) is 0 Å². The Labute approximate surface area is 208 Å². The van der Waals surface area contributed by atoms with Gasteiger partial charge < -0.3 is 10.5 Å².